The standard InChI is InChI=1S/C14H14N4O/c1-19-11-5-6-13-12(8-11)17-14(15)18(13)9-10-4-2-3-7-16-10/h2-8H,9H2,1H3,(H2,15,17). The molecule has 0 spiro atoms. The van der Waals surface area contributed by atoms with E-state index in [0.717, 1.165) is 22.5 Å². The van der Waals surface area contributed by atoms with Crippen molar-refractivity contribution in [3.05, 3.63) is 48.3 Å². The van der Waals surface area contributed by atoms with Crippen molar-refractivity contribution in [2.45, 2.75) is 6.54 Å². The summed E-state index contributed by atoms with van der Waals surface area (Å²) in [5.74, 6) is 1.25. The molecule has 2 aromatic heterocycles. The van der Waals surface area contributed by atoms with Gasteiger partial charge in [0, 0.05) is 12.3 Å². The Balaban J connectivity index is 2.06. The summed E-state index contributed by atoms with van der Waals surface area (Å²) in [5.41, 5.74) is 8.73. The Bertz CT molecular complexity index is 706. The third-order valence-electron chi connectivity index (χ3n) is 3.03. The monoisotopic (exact) mass is 254 g/mol. The normalized spacial score (nSPS) is 10.8. The van der Waals surface area contributed by atoms with E-state index in [1.54, 1.807) is 13.3 Å². The maximum absolute atomic E-state index is 5.98. The van der Waals surface area contributed by atoms with Gasteiger partial charge in [-0.1, -0.05) is 6.07 Å². The Morgan fingerprint density at radius 1 is 1.26 bits per heavy atom. The van der Waals surface area contributed by atoms with Gasteiger partial charge in [-0.3, -0.25) is 4.98 Å². The highest BCUT2D eigenvalue weighted by Gasteiger charge is 2.09. The summed E-state index contributed by atoms with van der Waals surface area (Å²) < 4.78 is 7.13. The Kier molecular flexibility index (Phi) is 2.79. The average molecular weight is 254 g/mol. The molecule has 0 aliphatic heterocycles. The zero-order valence-electron chi connectivity index (χ0n) is 10.6. The van der Waals surface area contributed by atoms with Crippen molar-refractivity contribution in [3.8, 4) is 5.75 Å². The summed E-state index contributed by atoms with van der Waals surface area (Å²) in [5, 5.41) is 0. The van der Waals surface area contributed by atoms with Crippen LogP contribution in [-0.2, 0) is 6.54 Å². The van der Waals surface area contributed by atoms with Gasteiger partial charge in [-0.2, -0.15) is 0 Å². The minimum Gasteiger partial charge on any atom is -0.497 e. The highest BCUT2D eigenvalue weighted by molar-refractivity contribution is 5.80. The number of fused-ring (bicyclic) bond motifs is 1. The van der Waals surface area contributed by atoms with Gasteiger partial charge in [0.15, 0.2) is 0 Å². The lowest BCUT2D eigenvalue weighted by molar-refractivity contribution is 0.415. The second kappa shape index (κ2) is 4.61. The summed E-state index contributed by atoms with van der Waals surface area (Å²) in [7, 11) is 1.63. The maximum Gasteiger partial charge on any atom is 0.201 e. The van der Waals surface area contributed by atoms with E-state index >= 15 is 0 Å². The van der Waals surface area contributed by atoms with Gasteiger partial charge >= 0.3 is 0 Å². The van der Waals surface area contributed by atoms with Crippen molar-refractivity contribution in [3.63, 3.8) is 0 Å². The number of hydrogen-bond donors (Lipinski definition) is 1. The molecule has 5 heteroatoms. The summed E-state index contributed by atoms with van der Waals surface area (Å²) in [6.07, 6.45) is 1.77. The van der Waals surface area contributed by atoms with Crippen LogP contribution in [0.1, 0.15) is 5.69 Å². The third-order valence-corrected chi connectivity index (χ3v) is 3.03. The molecule has 3 aromatic rings. The van der Waals surface area contributed by atoms with Gasteiger partial charge in [-0.05, 0) is 24.3 Å². The lowest BCUT2D eigenvalue weighted by Crippen LogP contribution is -2.05. The smallest absolute Gasteiger partial charge is 0.201 e. The van der Waals surface area contributed by atoms with Crippen LogP contribution in [0.15, 0.2) is 42.6 Å². The lowest BCUT2D eigenvalue weighted by Gasteiger charge is -2.06. The zero-order chi connectivity index (χ0) is 13.2. The Labute approximate surface area is 110 Å². The quantitative estimate of drug-likeness (QED) is 0.777. The van der Waals surface area contributed by atoms with Gasteiger partial charge in [-0.15, -0.1) is 0 Å². The molecule has 0 saturated carbocycles. The molecule has 19 heavy (non-hydrogen) atoms. The fourth-order valence-corrected chi connectivity index (χ4v) is 2.08. The van der Waals surface area contributed by atoms with E-state index in [-0.39, 0.29) is 0 Å². The van der Waals surface area contributed by atoms with Crippen molar-refractivity contribution in [1.82, 2.24) is 14.5 Å². The Hall–Kier alpha value is -2.56. The van der Waals surface area contributed by atoms with Crippen molar-refractivity contribution >= 4 is 17.0 Å². The minimum atomic E-state index is 0.480. The van der Waals surface area contributed by atoms with E-state index in [1.165, 1.54) is 0 Å². The van der Waals surface area contributed by atoms with Crippen LogP contribution in [-0.4, -0.2) is 21.6 Å². The molecule has 0 aliphatic carbocycles. The molecule has 96 valence electrons. The number of pyridine rings is 1. The van der Waals surface area contributed by atoms with E-state index in [4.69, 9.17) is 10.5 Å². The highest BCUT2D eigenvalue weighted by Crippen LogP contribution is 2.23. The predicted octanol–water partition coefficient (Wildman–Crippen LogP) is 2.07. The molecule has 0 atom stereocenters. The van der Waals surface area contributed by atoms with E-state index in [1.807, 2.05) is 41.0 Å². The minimum absolute atomic E-state index is 0.480. The topological polar surface area (TPSA) is 66.0 Å². The number of benzene rings is 1. The SMILES string of the molecule is COc1ccc2c(c1)nc(N)n2Cc1ccccn1. The summed E-state index contributed by atoms with van der Waals surface area (Å²) in [4.78, 5) is 8.66. The Morgan fingerprint density at radius 2 is 2.16 bits per heavy atom. The number of ether oxygens (including phenoxy) is 1. The van der Waals surface area contributed by atoms with Crippen LogP contribution in [0.25, 0.3) is 11.0 Å². The second-order valence-electron chi connectivity index (χ2n) is 4.23. The lowest BCUT2D eigenvalue weighted by atomic mass is 10.3. The predicted molar refractivity (Wildman–Crippen MR) is 74.0 cm³/mol. The van der Waals surface area contributed by atoms with Crippen molar-refractivity contribution in [1.29, 1.82) is 0 Å². The molecule has 5 nitrogen and oxygen atoms in total. The first-order valence-corrected chi connectivity index (χ1v) is 5.97. The number of rotatable bonds is 3. The fraction of sp³-hybridized carbons (Fsp3) is 0.143. The largest absolute Gasteiger partial charge is 0.497 e. The molecule has 0 radical (unpaired) electrons. The zero-order valence-corrected chi connectivity index (χ0v) is 10.6. The third kappa shape index (κ3) is 2.10. The molecule has 3 rings (SSSR count). The van der Waals surface area contributed by atoms with E-state index in [9.17, 15) is 0 Å². The first kappa shape index (κ1) is 11.5. The second-order valence-corrected chi connectivity index (χ2v) is 4.23. The van der Waals surface area contributed by atoms with Crippen LogP contribution in [0.3, 0.4) is 0 Å². The van der Waals surface area contributed by atoms with Crippen LogP contribution in [0, 0.1) is 0 Å². The summed E-state index contributed by atoms with van der Waals surface area (Å²) >= 11 is 0. The number of methoxy groups -OCH3 is 1. The first-order valence-electron chi connectivity index (χ1n) is 5.97. The number of imidazole rings is 1. The fourth-order valence-electron chi connectivity index (χ4n) is 2.08. The number of nitrogens with zero attached hydrogens (tertiary/aromatic N) is 3. The maximum atomic E-state index is 5.98. The molecule has 0 amide bonds. The first-order chi connectivity index (χ1) is 9.28. The van der Waals surface area contributed by atoms with Crippen LogP contribution in [0.2, 0.25) is 0 Å². The number of nitrogen functional groups attached to an aromatic ring is 1. The van der Waals surface area contributed by atoms with Crippen LogP contribution in [0.4, 0.5) is 5.95 Å². The van der Waals surface area contributed by atoms with E-state index in [2.05, 4.69) is 9.97 Å². The number of aromatic nitrogens is 3. The summed E-state index contributed by atoms with van der Waals surface area (Å²) in [6, 6.07) is 11.6. The van der Waals surface area contributed by atoms with Crippen molar-refractivity contribution in [2.24, 2.45) is 0 Å². The molecule has 0 aliphatic rings. The Morgan fingerprint density at radius 3 is 2.89 bits per heavy atom. The van der Waals surface area contributed by atoms with E-state index < -0.39 is 0 Å². The highest BCUT2D eigenvalue weighted by atomic mass is 16.5. The molecule has 0 saturated heterocycles. The van der Waals surface area contributed by atoms with Gasteiger partial charge in [-0.25, -0.2) is 4.98 Å². The van der Waals surface area contributed by atoms with Crippen LogP contribution < -0.4 is 10.5 Å². The average Bonchev–Trinajstić information content (AvgIpc) is 2.75. The number of hydrogen-bond acceptors (Lipinski definition) is 4. The van der Waals surface area contributed by atoms with Crippen LogP contribution in [0.5, 0.6) is 5.75 Å². The van der Waals surface area contributed by atoms with Gasteiger partial charge < -0.3 is 15.0 Å². The number of nitrogens with two attached hydrogens (primary N) is 1. The van der Waals surface area contributed by atoms with Crippen LogP contribution >= 0.6 is 0 Å². The number of anilines is 1. The molecule has 0 bridgehead atoms. The molecule has 2 N–H and O–H groups in total. The molecular weight excluding hydrogens is 240 g/mol. The van der Waals surface area contributed by atoms with Gasteiger partial charge in [0.25, 0.3) is 0 Å². The molecule has 0 unspecified atom stereocenters. The van der Waals surface area contributed by atoms with E-state index in [0.29, 0.717) is 12.5 Å². The molecule has 0 fully saturated rings. The molecular formula is C14H14N4O. The molecule has 2 heterocycles. The van der Waals surface area contributed by atoms with Gasteiger partial charge in [0.05, 0.1) is 30.4 Å². The molecule has 1 aromatic carbocycles. The van der Waals surface area contributed by atoms with Crippen molar-refractivity contribution in [2.75, 3.05) is 12.8 Å². The van der Waals surface area contributed by atoms with Gasteiger partial charge in [0.1, 0.15) is 5.75 Å². The van der Waals surface area contributed by atoms with Gasteiger partial charge in [0.2, 0.25) is 5.95 Å². The van der Waals surface area contributed by atoms with Crippen molar-refractivity contribution < 1.29 is 4.74 Å². The summed E-state index contributed by atoms with van der Waals surface area (Å²) in [6.45, 7) is 0.607.